The maximum absolute atomic E-state index is 12.7. The largest absolute Gasteiger partial charge is 0.356 e. The van der Waals surface area contributed by atoms with E-state index in [4.69, 9.17) is 0 Å². The first-order valence-corrected chi connectivity index (χ1v) is 8.13. The summed E-state index contributed by atoms with van der Waals surface area (Å²) in [6.45, 7) is 6.15. The normalized spacial score (nSPS) is 15.5. The molecule has 4 heteroatoms. The predicted molar refractivity (Wildman–Crippen MR) is 92.8 cm³/mol. The van der Waals surface area contributed by atoms with Crippen LogP contribution in [0.5, 0.6) is 0 Å². The fourth-order valence-electron chi connectivity index (χ4n) is 2.85. The molecule has 1 saturated heterocycles. The van der Waals surface area contributed by atoms with Gasteiger partial charge in [0.15, 0.2) is 0 Å². The molecular weight excluding hydrogens is 286 g/mol. The van der Waals surface area contributed by atoms with Crippen LogP contribution in [0.15, 0.2) is 36.4 Å². The second-order valence-corrected chi connectivity index (χ2v) is 6.24. The van der Waals surface area contributed by atoms with Crippen LogP contribution >= 0.6 is 0 Å². The molecule has 1 N–H and O–H groups in total. The van der Waals surface area contributed by atoms with Crippen LogP contribution in [0.4, 0.5) is 11.5 Å². The van der Waals surface area contributed by atoms with Crippen LogP contribution in [0.2, 0.25) is 0 Å². The summed E-state index contributed by atoms with van der Waals surface area (Å²) in [5, 5.41) is 2.94. The Bertz CT molecular complexity index is 676. The van der Waals surface area contributed by atoms with E-state index in [2.05, 4.69) is 28.2 Å². The van der Waals surface area contributed by atoms with Gasteiger partial charge in [-0.3, -0.25) is 4.79 Å². The SMILES string of the molecule is Cc1ccc(C(=O)Nc2cc[c]cc2)c(N2CCC(C)CC2)n1. The molecule has 1 amide bonds. The molecule has 0 spiro atoms. The van der Waals surface area contributed by atoms with Crippen LogP contribution in [0, 0.1) is 18.9 Å². The zero-order valence-corrected chi connectivity index (χ0v) is 13.7. The van der Waals surface area contributed by atoms with Gasteiger partial charge in [-0.15, -0.1) is 0 Å². The number of aryl methyl sites for hydroxylation is 1. The van der Waals surface area contributed by atoms with Gasteiger partial charge in [-0.1, -0.05) is 19.1 Å². The van der Waals surface area contributed by atoms with Gasteiger partial charge in [-0.25, -0.2) is 4.98 Å². The highest BCUT2D eigenvalue weighted by Crippen LogP contribution is 2.25. The van der Waals surface area contributed by atoms with Crippen LogP contribution in [-0.4, -0.2) is 24.0 Å². The highest BCUT2D eigenvalue weighted by molar-refractivity contribution is 6.07. The Balaban J connectivity index is 1.85. The Morgan fingerprint density at radius 1 is 1.22 bits per heavy atom. The van der Waals surface area contributed by atoms with E-state index in [1.54, 1.807) is 12.1 Å². The number of rotatable bonds is 3. The average Bonchev–Trinajstić information content (AvgIpc) is 2.56. The number of hydrogen-bond donors (Lipinski definition) is 1. The second kappa shape index (κ2) is 6.82. The van der Waals surface area contributed by atoms with Crippen molar-refractivity contribution >= 4 is 17.4 Å². The molecule has 0 unspecified atom stereocenters. The van der Waals surface area contributed by atoms with E-state index in [0.29, 0.717) is 5.56 Å². The number of nitrogens with one attached hydrogen (secondary N) is 1. The topological polar surface area (TPSA) is 45.2 Å². The van der Waals surface area contributed by atoms with Crippen molar-refractivity contribution in [1.82, 2.24) is 4.98 Å². The highest BCUT2D eigenvalue weighted by atomic mass is 16.1. The van der Waals surface area contributed by atoms with E-state index in [1.165, 1.54) is 0 Å². The second-order valence-electron chi connectivity index (χ2n) is 6.24. The van der Waals surface area contributed by atoms with Gasteiger partial charge in [0.05, 0.1) is 5.56 Å². The fourth-order valence-corrected chi connectivity index (χ4v) is 2.85. The summed E-state index contributed by atoms with van der Waals surface area (Å²) in [6.07, 6.45) is 2.29. The van der Waals surface area contributed by atoms with Crippen LogP contribution in [-0.2, 0) is 0 Å². The van der Waals surface area contributed by atoms with Crippen molar-refractivity contribution in [2.45, 2.75) is 26.7 Å². The average molecular weight is 308 g/mol. The molecule has 1 aliphatic rings. The Morgan fingerprint density at radius 3 is 2.61 bits per heavy atom. The molecular formula is C19H22N3O. The molecule has 0 atom stereocenters. The Labute approximate surface area is 137 Å². The van der Waals surface area contributed by atoms with E-state index in [9.17, 15) is 4.79 Å². The molecule has 2 heterocycles. The molecule has 2 aromatic rings. The molecule has 1 radical (unpaired) electrons. The van der Waals surface area contributed by atoms with E-state index >= 15 is 0 Å². The summed E-state index contributed by atoms with van der Waals surface area (Å²) in [6, 6.07) is 14.0. The number of amides is 1. The minimum Gasteiger partial charge on any atom is -0.356 e. The number of pyridine rings is 1. The maximum Gasteiger partial charge on any atom is 0.259 e. The van der Waals surface area contributed by atoms with Crippen LogP contribution in [0.1, 0.15) is 35.8 Å². The third-order valence-electron chi connectivity index (χ3n) is 4.32. The first-order valence-electron chi connectivity index (χ1n) is 8.13. The molecule has 1 aromatic heterocycles. The van der Waals surface area contributed by atoms with Crippen molar-refractivity contribution in [1.29, 1.82) is 0 Å². The van der Waals surface area contributed by atoms with Crippen molar-refractivity contribution in [2.24, 2.45) is 5.92 Å². The molecule has 23 heavy (non-hydrogen) atoms. The van der Waals surface area contributed by atoms with Crippen molar-refractivity contribution in [3.63, 3.8) is 0 Å². The summed E-state index contributed by atoms with van der Waals surface area (Å²) in [7, 11) is 0. The van der Waals surface area contributed by atoms with E-state index < -0.39 is 0 Å². The van der Waals surface area contributed by atoms with E-state index in [1.807, 2.05) is 31.2 Å². The summed E-state index contributed by atoms with van der Waals surface area (Å²) >= 11 is 0. The minimum absolute atomic E-state index is 0.114. The van der Waals surface area contributed by atoms with Gasteiger partial charge < -0.3 is 10.2 Å². The van der Waals surface area contributed by atoms with E-state index in [-0.39, 0.29) is 5.91 Å². The lowest BCUT2D eigenvalue weighted by atomic mass is 9.99. The minimum atomic E-state index is -0.114. The number of benzene rings is 1. The standard InChI is InChI=1S/C19H22N3O/c1-14-10-12-22(13-11-14)18-17(9-8-15(2)20-18)19(23)21-16-6-4-3-5-7-16/h4-9,14H,10-13H2,1-2H3,(H,21,23). The van der Waals surface area contributed by atoms with E-state index in [0.717, 1.165) is 49.0 Å². The van der Waals surface area contributed by atoms with Gasteiger partial charge in [0.1, 0.15) is 5.82 Å². The summed E-state index contributed by atoms with van der Waals surface area (Å²) in [5.41, 5.74) is 2.34. The molecule has 1 aromatic carbocycles. The van der Waals surface area contributed by atoms with Crippen molar-refractivity contribution in [3.05, 3.63) is 53.7 Å². The maximum atomic E-state index is 12.7. The van der Waals surface area contributed by atoms with Crippen molar-refractivity contribution < 1.29 is 4.79 Å². The smallest absolute Gasteiger partial charge is 0.259 e. The summed E-state index contributed by atoms with van der Waals surface area (Å²) in [5.74, 6) is 1.43. The Morgan fingerprint density at radius 2 is 1.91 bits per heavy atom. The number of piperidine rings is 1. The lowest BCUT2D eigenvalue weighted by Gasteiger charge is -2.32. The Kier molecular flexibility index (Phi) is 4.60. The van der Waals surface area contributed by atoms with Gasteiger partial charge in [0.2, 0.25) is 0 Å². The quantitative estimate of drug-likeness (QED) is 0.941. The number of carbonyl (C=O) groups is 1. The van der Waals surface area contributed by atoms with Gasteiger partial charge in [-0.05, 0) is 56.0 Å². The van der Waals surface area contributed by atoms with Crippen molar-refractivity contribution in [3.8, 4) is 0 Å². The fraction of sp³-hybridized carbons (Fsp3) is 0.368. The molecule has 0 aliphatic carbocycles. The van der Waals surface area contributed by atoms with Crippen LogP contribution in [0.25, 0.3) is 0 Å². The third kappa shape index (κ3) is 3.70. The zero-order valence-electron chi connectivity index (χ0n) is 13.7. The number of aromatic nitrogens is 1. The number of anilines is 2. The molecule has 0 bridgehead atoms. The Hall–Kier alpha value is -2.36. The molecule has 1 fully saturated rings. The molecule has 3 rings (SSSR count). The molecule has 0 saturated carbocycles. The van der Waals surface area contributed by atoms with Gasteiger partial charge in [-0.2, -0.15) is 0 Å². The molecule has 1 aliphatic heterocycles. The number of hydrogen-bond acceptors (Lipinski definition) is 3. The van der Waals surface area contributed by atoms with Crippen molar-refractivity contribution in [2.75, 3.05) is 23.3 Å². The number of nitrogens with zero attached hydrogens (tertiary/aromatic N) is 2. The third-order valence-corrected chi connectivity index (χ3v) is 4.32. The number of carbonyl (C=O) groups excluding carboxylic acids is 1. The highest BCUT2D eigenvalue weighted by Gasteiger charge is 2.22. The zero-order chi connectivity index (χ0) is 16.2. The monoisotopic (exact) mass is 308 g/mol. The predicted octanol–water partition coefficient (Wildman–Crippen LogP) is 3.68. The first kappa shape index (κ1) is 15.5. The summed E-state index contributed by atoms with van der Waals surface area (Å²) < 4.78 is 0. The lowest BCUT2D eigenvalue weighted by molar-refractivity contribution is 0.102. The van der Waals surface area contributed by atoms with Crippen LogP contribution in [0.3, 0.4) is 0 Å². The molecule has 4 nitrogen and oxygen atoms in total. The van der Waals surface area contributed by atoms with Crippen LogP contribution < -0.4 is 10.2 Å². The van der Waals surface area contributed by atoms with Gasteiger partial charge in [0.25, 0.3) is 5.91 Å². The summed E-state index contributed by atoms with van der Waals surface area (Å²) in [4.78, 5) is 19.5. The first-order chi connectivity index (χ1) is 11.1. The van der Waals surface area contributed by atoms with Gasteiger partial charge >= 0.3 is 0 Å². The molecule has 119 valence electrons. The lowest BCUT2D eigenvalue weighted by Crippen LogP contribution is -2.35. The van der Waals surface area contributed by atoms with Gasteiger partial charge in [0, 0.05) is 24.5 Å².